The molecule has 0 atom stereocenters. The number of fused-ring (bicyclic) bond motifs is 1. The highest BCUT2D eigenvalue weighted by Gasteiger charge is 2.20. The van der Waals surface area contributed by atoms with Gasteiger partial charge in [0.2, 0.25) is 0 Å². The molecule has 0 aliphatic heterocycles. The Morgan fingerprint density at radius 2 is 1.67 bits per heavy atom. The number of rotatable bonds is 3. The molecule has 2 aromatic carbocycles. The van der Waals surface area contributed by atoms with Gasteiger partial charge in [0.05, 0.1) is 4.90 Å². The lowest BCUT2D eigenvalue weighted by atomic mass is 10.1. The molecule has 0 aliphatic carbocycles. The van der Waals surface area contributed by atoms with Crippen LogP contribution in [-0.2, 0) is 20.2 Å². The fourth-order valence-corrected chi connectivity index (χ4v) is 3.13. The highest BCUT2D eigenvalue weighted by molar-refractivity contribution is 7.86. The predicted octanol–water partition coefficient (Wildman–Crippen LogP) is 2.28. The Kier molecular flexibility index (Phi) is 3.61. The number of nitrogens with zero attached hydrogens (tertiary/aromatic N) is 3. The lowest BCUT2D eigenvalue weighted by Gasteiger charge is -2.07. The van der Waals surface area contributed by atoms with Crippen molar-refractivity contribution in [1.82, 2.24) is 0 Å². The minimum absolute atomic E-state index is 0.0155. The standard InChI is InChI=1S/C10H7N3O6S2/c11-13-12-7-1-2-9-6(3-7)4-8(20(14,15)16)5-10(9)21(17,18)19/h1-5H,(H,14,15,16)(H,17,18,19). The maximum absolute atomic E-state index is 11.3. The van der Waals surface area contributed by atoms with Gasteiger partial charge in [-0.3, -0.25) is 9.11 Å². The molecule has 0 heterocycles. The van der Waals surface area contributed by atoms with Gasteiger partial charge in [-0.2, -0.15) is 16.8 Å². The van der Waals surface area contributed by atoms with Crippen LogP contribution in [-0.4, -0.2) is 25.9 Å². The first-order valence-electron chi connectivity index (χ1n) is 5.21. The number of azide groups is 1. The van der Waals surface area contributed by atoms with Crippen LogP contribution in [0.5, 0.6) is 0 Å². The number of hydrogen-bond acceptors (Lipinski definition) is 5. The summed E-state index contributed by atoms with van der Waals surface area (Å²) in [5.74, 6) is 0. The molecule has 0 amide bonds. The number of hydrogen-bond donors (Lipinski definition) is 2. The molecule has 11 heteroatoms. The summed E-state index contributed by atoms with van der Waals surface area (Å²) in [6.45, 7) is 0. The van der Waals surface area contributed by atoms with Gasteiger partial charge in [-0.15, -0.1) is 0 Å². The van der Waals surface area contributed by atoms with Crippen LogP contribution in [0, 0.1) is 0 Å². The SMILES string of the molecule is [N-]=[N+]=Nc1ccc2c(S(=O)(=O)O)cc(S(=O)(=O)O)cc2c1. The third-order valence-corrected chi connectivity index (χ3v) is 4.33. The fourth-order valence-electron chi connectivity index (χ4n) is 1.77. The minimum Gasteiger partial charge on any atom is -0.282 e. The first kappa shape index (κ1) is 15.2. The molecular weight excluding hydrogens is 322 g/mol. The maximum atomic E-state index is 11.3. The zero-order valence-electron chi connectivity index (χ0n) is 10.1. The van der Waals surface area contributed by atoms with Gasteiger partial charge in [0.15, 0.2) is 0 Å². The van der Waals surface area contributed by atoms with E-state index in [-0.39, 0.29) is 16.5 Å². The summed E-state index contributed by atoms with van der Waals surface area (Å²) in [7, 11) is -9.40. The van der Waals surface area contributed by atoms with Crippen LogP contribution < -0.4 is 0 Å². The van der Waals surface area contributed by atoms with Crippen molar-refractivity contribution >= 4 is 36.7 Å². The Morgan fingerprint density at radius 3 is 2.19 bits per heavy atom. The molecule has 2 rings (SSSR count). The monoisotopic (exact) mass is 329 g/mol. The van der Waals surface area contributed by atoms with E-state index in [0.29, 0.717) is 6.07 Å². The van der Waals surface area contributed by atoms with E-state index in [4.69, 9.17) is 14.6 Å². The molecule has 21 heavy (non-hydrogen) atoms. The second kappa shape index (κ2) is 4.98. The smallest absolute Gasteiger partial charge is 0.282 e. The van der Waals surface area contributed by atoms with Crippen LogP contribution in [0.3, 0.4) is 0 Å². The van der Waals surface area contributed by atoms with Crippen molar-refractivity contribution in [2.45, 2.75) is 9.79 Å². The van der Waals surface area contributed by atoms with Gasteiger partial charge in [0, 0.05) is 16.0 Å². The summed E-state index contributed by atoms with van der Waals surface area (Å²) >= 11 is 0. The molecule has 0 saturated carbocycles. The Balaban J connectivity index is 2.98. The normalized spacial score (nSPS) is 12.1. The van der Waals surface area contributed by atoms with Gasteiger partial charge in [-0.1, -0.05) is 17.2 Å². The Bertz CT molecular complexity index is 991. The summed E-state index contributed by atoms with van der Waals surface area (Å²) in [5, 5.41) is 3.37. The molecule has 0 bridgehead atoms. The van der Waals surface area contributed by atoms with Gasteiger partial charge in [0.25, 0.3) is 20.2 Å². The molecule has 0 spiro atoms. The summed E-state index contributed by atoms with van der Waals surface area (Å²) in [6.07, 6.45) is 0. The van der Waals surface area contributed by atoms with Crippen molar-refractivity contribution in [3.8, 4) is 0 Å². The first-order valence-corrected chi connectivity index (χ1v) is 8.09. The van der Waals surface area contributed by atoms with Crippen LogP contribution >= 0.6 is 0 Å². The van der Waals surface area contributed by atoms with Crippen molar-refractivity contribution in [2.75, 3.05) is 0 Å². The molecule has 0 unspecified atom stereocenters. The van der Waals surface area contributed by atoms with Crippen LogP contribution in [0.4, 0.5) is 5.69 Å². The molecule has 0 saturated heterocycles. The highest BCUT2D eigenvalue weighted by Crippen LogP contribution is 2.30. The van der Waals surface area contributed by atoms with Crippen LogP contribution in [0.25, 0.3) is 21.2 Å². The summed E-state index contributed by atoms with van der Waals surface area (Å²) in [6, 6.07) is 5.40. The molecule has 0 radical (unpaired) electrons. The van der Waals surface area contributed by atoms with E-state index in [9.17, 15) is 16.8 Å². The largest absolute Gasteiger partial charge is 0.295 e. The van der Waals surface area contributed by atoms with Crippen molar-refractivity contribution in [3.63, 3.8) is 0 Å². The lowest BCUT2D eigenvalue weighted by Crippen LogP contribution is -2.04. The Labute approximate surface area is 119 Å². The maximum Gasteiger partial charge on any atom is 0.295 e. The second-order valence-electron chi connectivity index (χ2n) is 3.97. The van der Waals surface area contributed by atoms with E-state index in [2.05, 4.69) is 10.0 Å². The number of benzene rings is 2. The van der Waals surface area contributed by atoms with Gasteiger partial charge in [-0.25, -0.2) is 0 Å². The van der Waals surface area contributed by atoms with E-state index in [1.165, 1.54) is 18.2 Å². The van der Waals surface area contributed by atoms with Crippen molar-refractivity contribution in [1.29, 1.82) is 0 Å². The molecule has 0 aromatic heterocycles. The summed E-state index contributed by atoms with van der Waals surface area (Å²) < 4.78 is 63.2. The van der Waals surface area contributed by atoms with Gasteiger partial charge in [-0.05, 0) is 29.1 Å². The van der Waals surface area contributed by atoms with E-state index < -0.39 is 30.0 Å². The zero-order valence-corrected chi connectivity index (χ0v) is 11.7. The van der Waals surface area contributed by atoms with E-state index >= 15 is 0 Å². The second-order valence-corrected chi connectivity index (χ2v) is 6.78. The molecule has 0 aliphatic rings. The Morgan fingerprint density at radius 1 is 1.00 bits per heavy atom. The zero-order chi connectivity index (χ0) is 15.8. The molecule has 2 N–H and O–H groups in total. The molecule has 0 fully saturated rings. The third-order valence-electron chi connectivity index (χ3n) is 2.61. The quantitative estimate of drug-likeness (QED) is 0.380. The molecule has 110 valence electrons. The topological polar surface area (TPSA) is 158 Å². The molecular formula is C10H7N3O6S2. The molecule has 9 nitrogen and oxygen atoms in total. The van der Waals surface area contributed by atoms with Crippen LogP contribution in [0.1, 0.15) is 0 Å². The van der Waals surface area contributed by atoms with Gasteiger partial charge >= 0.3 is 0 Å². The van der Waals surface area contributed by atoms with E-state index in [0.717, 1.165) is 6.07 Å². The first-order chi connectivity index (χ1) is 9.63. The minimum atomic E-state index is -4.72. The van der Waals surface area contributed by atoms with Crippen LogP contribution in [0.2, 0.25) is 0 Å². The van der Waals surface area contributed by atoms with Crippen molar-refractivity contribution < 1.29 is 25.9 Å². The average molecular weight is 329 g/mol. The van der Waals surface area contributed by atoms with E-state index in [1.54, 1.807) is 0 Å². The average Bonchev–Trinajstić information content (AvgIpc) is 2.35. The summed E-state index contributed by atoms with van der Waals surface area (Å²) in [5.41, 5.74) is 8.46. The van der Waals surface area contributed by atoms with E-state index in [1.807, 2.05) is 0 Å². The highest BCUT2D eigenvalue weighted by atomic mass is 32.2. The van der Waals surface area contributed by atoms with Gasteiger partial charge in [0.1, 0.15) is 4.90 Å². The fraction of sp³-hybridized carbons (Fsp3) is 0. The van der Waals surface area contributed by atoms with Crippen LogP contribution in [0.15, 0.2) is 45.2 Å². The predicted molar refractivity (Wildman–Crippen MR) is 72.4 cm³/mol. The van der Waals surface area contributed by atoms with Crippen molar-refractivity contribution in [2.24, 2.45) is 5.11 Å². The van der Waals surface area contributed by atoms with Gasteiger partial charge < -0.3 is 0 Å². The third kappa shape index (κ3) is 3.12. The lowest BCUT2D eigenvalue weighted by molar-refractivity contribution is 0.482. The van der Waals surface area contributed by atoms with Crippen molar-refractivity contribution in [3.05, 3.63) is 40.8 Å². The Hall–Kier alpha value is -2.17. The molecule has 2 aromatic rings. The summed E-state index contributed by atoms with van der Waals surface area (Å²) in [4.78, 5) is 1.16.